The van der Waals surface area contributed by atoms with Gasteiger partial charge in [-0.25, -0.2) is 0 Å². The van der Waals surface area contributed by atoms with E-state index in [1.54, 1.807) is 7.63 Å². The van der Waals surface area contributed by atoms with Crippen LogP contribution in [-0.2, 0) is 34.9 Å². The van der Waals surface area contributed by atoms with Gasteiger partial charge in [-0.15, -0.1) is 0 Å². The van der Waals surface area contributed by atoms with E-state index in [1.165, 1.54) is 5.56 Å². The Bertz CT molecular complexity index is 1400. The van der Waals surface area contributed by atoms with Gasteiger partial charge in [0.1, 0.15) is 0 Å². The molecule has 0 aliphatic heterocycles. The van der Waals surface area contributed by atoms with E-state index in [-0.39, 0.29) is 0 Å². The van der Waals surface area contributed by atoms with Gasteiger partial charge in [-0.3, -0.25) is 0 Å². The van der Waals surface area contributed by atoms with E-state index in [0.717, 1.165) is 36.6 Å². The van der Waals surface area contributed by atoms with Crippen LogP contribution in [0.25, 0.3) is 11.1 Å². The molecule has 0 saturated heterocycles. The Morgan fingerprint density at radius 1 is 0.969 bits per heavy atom. The Hall–Kier alpha value is -2.73. The summed E-state index contributed by atoms with van der Waals surface area (Å²) in [6, 6.07) is 14.2. The SMILES string of the molecule is C=CC(=O)[O][Ti]([CH3])([CH3])(=[SiH2])([O]C(=O)C=C)([C]1=CC=CC1)[c]1cccc2c1Cc1ccccc1-2. The number of carbonyl (C=O) groups is 2. The minimum absolute atomic E-state index is 0.512. The van der Waals surface area contributed by atoms with Gasteiger partial charge >= 0.3 is 187 Å². The summed E-state index contributed by atoms with van der Waals surface area (Å²) in [6.07, 6.45) is 9.27. The van der Waals surface area contributed by atoms with Crippen LogP contribution in [0.15, 0.2) is 89.9 Å². The van der Waals surface area contributed by atoms with Crippen molar-refractivity contribution in [1.82, 2.24) is 0 Å². The van der Waals surface area contributed by atoms with Crippen LogP contribution in [0.1, 0.15) is 17.5 Å². The molecule has 0 saturated carbocycles. The monoisotopic (exact) mass is 480 g/mol. The molecule has 6 heteroatoms. The molecule has 164 valence electrons. The third kappa shape index (κ3) is 2.85. The van der Waals surface area contributed by atoms with Gasteiger partial charge in [0.2, 0.25) is 0 Å². The Labute approximate surface area is 186 Å². The molecule has 0 bridgehead atoms. The maximum atomic E-state index is 13.0. The van der Waals surface area contributed by atoms with E-state index in [2.05, 4.69) is 31.4 Å². The summed E-state index contributed by atoms with van der Waals surface area (Å²) in [6.45, 7) is 7.25. The Balaban J connectivity index is 2.20. The standard InChI is InChI=1S/C13H9.C5H5.2C3H4O2.2CH3.H2Si.Ti/c1-3-7-12-10(5-1)9-11-6-2-4-8-13(11)12;1-2-4-5-3-1;2*1-2-3(4)5;;;;/h1-5,7-8H,9H2;1-3H,4H2;2*2H,1H2,(H,4,5);2*1H3;1H2;/q;;;;;;;+2/p-2. The van der Waals surface area contributed by atoms with Gasteiger partial charge in [0.05, 0.1) is 0 Å². The van der Waals surface area contributed by atoms with E-state index in [4.69, 9.17) is 6.64 Å². The zero-order chi connectivity index (χ0) is 23.3. The number of fused-ring (bicyclic) bond motifs is 3. The molecule has 0 amide bonds. The predicted molar refractivity (Wildman–Crippen MR) is 129 cm³/mol. The van der Waals surface area contributed by atoms with Gasteiger partial charge in [-0.2, -0.15) is 0 Å². The molecule has 0 N–H and O–H groups in total. The molecular formula is C26H28O4SiTi. The number of carbonyl (C=O) groups excluding carboxylic acids is 2. The second kappa shape index (κ2) is 6.19. The molecule has 4 nitrogen and oxygen atoms in total. The minimum atomic E-state index is -6.34. The average molecular weight is 480 g/mol. The van der Waals surface area contributed by atoms with E-state index in [1.807, 2.05) is 53.0 Å². The van der Waals surface area contributed by atoms with Crippen molar-refractivity contribution in [1.29, 1.82) is 0 Å². The Morgan fingerprint density at radius 3 is 2.19 bits per heavy atom. The first-order valence-corrected chi connectivity index (χ1v) is 20.7. The van der Waals surface area contributed by atoms with Gasteiger partial charge in [0.25, 0.3) is 0 Å². The van der Waals surface area contributed by atoms with Gasteiger partial charge in [-0.1, -0.05) is 0 Å². The summed E-state index contributed by atoms with van der Waals surface area (Å²) >= 11 is -6.34. The second-order valence-corrected chi connectivity index (χ2v) is 37.5. The first kappa shape index (κ1) is 22.5. The maximum absolute atomic E-state index is 13.0. The quantitative estimate of drug-likeness (QED) is 0.387. The van der Waals surface area contributed by atoms with Crippen LogP contribution in [0.2, 0.25) is 10.5 Å². The van der Waals surface area contributed by atoms with Crippen LogP contribution in [0, 0.1) is 0 Å². The van der Waals surface area contributed by atoms with Crippen molar-refractivity contribution >= 4 is 23.4 Å². The molecule has 2 aliphatic rings. The van der Waals surface area contributed by atoms with Crippen LogP contribution >= 0.6 is 0 Å². The normalized spacial score (nSPS) is 17.4. The third-order valence-corrected chi connectivity index (χ3v) is 24.0. The molecule has 32 heavy (non-hydrogen) atoms. The van der Waals surface area contributed by atoms with E-state index < -0.39 is 24.2 Å². The summed E-state index contributed by atoms with van der Waals surface area (Å²) in [4.78, 5) is 26.0. The van der Waals surface area contributed by atoms with Gasteiger partial charge in [0, 0.05) is 0 Å². The summed E-state index contributed by atoms with van der Waals surface area (Å²) in [7, 11) is 1.54. The van der Waals surface area contributed by atoms with Crippen molar-refractivity contribution in [3.8, 4) is 11.1 Å². The van der Waals surface area contributed by atoms with Gasteiger partial charge < -0.3 is 0 Å². The van der Waals surface area contributed by atoms with E-state index >= 15 is 0 Å². The molecule has 4 rings (SSSR count). The summed E-state index contributed by atoms with van der Waals surface area (Å²) in [5.41, 5.74) is 4.41. The zero-order valence-corrected chi connectivity index (χ0v) is 21.6. The van der Waals surface area contributed by atoms with Gasteiger partial charge in [0.15, 0.2) is 0 Å². The Kier molecular flexibility index (Phi) is 4.35. The van der Waals surface area contributed by atoms with E-state index in [0.29, 0.717) is 12.8 Å². The molecule has 2 aromatic carbocycles. The molecule has 2 aliphatic carbocycles. The number of hydrogen-bond donors (Lipinski definition) is 0. The number of allylic oxidation sites excluding steroid dienone is 4. The van der Waals surface area contributed by atoms with Crippen molar-refractivity contribution < 1.29 is 28.5 Å². The van der Waals surface area contributed by atoms with Crippen molar-refractivity contribution in [2.75, 3.05) is 0 Å². The summed E-state index contributed by atoms with van der Waals surface area (Å²) in [5.74, 6) is -1.25. The van der Waals surface area contributed by atoms with Crippen molar-refractivity contribution in [3.05, 3.63) is 101 Å². The predicted octanol–water partition coefficient (Wildman–Crippen LogP) is 4.42. The first-order chi connectivity index (χ1) is 14.9. The number of hydrogen-bond acceptors (Lipinski definition) is 4. The van der Waals surface area contributed by atoms with Crippen molar-refractivity contribution in [2.24, 2.45) is 0 Å². The van der Waals surface area contributed by atoms with Crippen molar-refractivity contribution in [3.63, 3.8) is 0 Å². The first-order valence-electron chi connectivity index (χ1n) is 10.7. The molecule has 0 atom stereocenters. The molecule has 2 aromatic rings. The van der Waals surface area contributed by atoms with Crippen LogP contribution in [0.3, 0.4) is 0 Å². The molecule has 0 radical (unpaired) electrons. The number of benzene rings is 2. The van der Waals surface area contributed by atoms with Crippen LogP contribution in [-0.4, -0.2) is 19.6 Å². The van der Waals surface area contributed by atoms with Crippen LogP contribution in [0.5, 0.6) is 0 Å². The van der Waals surface area contributed by atoms with Crippen LogP contribution < -0.4 is 3.87 Å². The zero-order valence-electron chi connectivity index (χ0n) is 18.6. The number of rotatable bonds is 6. The summed E-state index contributed by atoms with van der Waals surface area (Å²) < 4.78 is 14.7. The fourth-order valence-electron chi connectivity index (χ4n) is 5.64. The van der Waals surface area contributed by atoms with E-state index in [9.17, 15) is 9.59 Å². The fourth-order valence-corrected chi connectivity index (χ4v) is 19.6. The molecule has 0 heterocycles. The topological polar surface area (TPSA) is 52.6 Å². The average Bonchev–Trinajstić information content (AvgIpc) is 3.42. The summed E-state index contributed by atoms with van der Waals surface area (Å²) in [5, 5.41) is 3.74. The molecular weight excluding hydrogens is 452 g/mol. The molecule has 0 spiro atoms. The van der Waals surface area contributed by atoms with Gasteiger partial charge in [-0.05, 0) is 0 Å². The third-order valence-electron chi connectivity index (χ3n) is 7.37. The molecule has 0 aromatic heterocycles. The molecule has 0 unspecified atom stereocenters. The molecule has 0 fully saturated rings. The second-order valence-electron chi connectivity index (χ2n) is 10.5. The fraction of sp³-hybridized carbons (Fsp3) is 0.154. The van der Waals surface area contributed by atoms with Crippen molar-refractivity contribution in [2.45, 2.75) is 23.3 Å². The Morgan fingerprint density at radius 2 is 1.59 bits per heavy atom. The van der Waals surface area contributed by atoms with Crippen LogP contribution in [0.4, 0.5) is 0 Å².